The molecular formula is C17H12BrNO4S. The van der Waals surface area contributed by atoms with Gasteiger partial charge < -0.3 is 5.11 Å². The Hall–Kier alpha value is -2.38. The number of rotatable bonds is 4. The molecule has 0 saturated heterocycles. The van der Waals surface area contributed by atoms with Crippen molar-refractivity contribution in [2.24, 2.45) is 0 Å². The molecule has 0 fully saturated rings. The van der Waals surface area contributed by atoms with E-state index in [0.29, 0.717) is 4.47 Å². The number of nitrogens with one attached hydrogen (secondary N) is 1. The van der Waals surface area contributed by atoms with E-state index in [0.717, 1.165) is 10.8 Å². The molecule has 3 aromatic rings. The molecular weight excluding hydrogens is 394 g/mol. The van der Waals surface area contributed by atoms with Crippen LogP contribution in [0.5, 0.6) is 0 Å². The largest absolute Gasteiger partial charge is 0.478 e. The minimum atomic E-state index is -3.93. The van der Waals surface area contributed by atoms with E-state index in [2.05, 4.69) is 20.7 Å². The van der Waals surface area contributed by atoms with E-state index in [1.54, 1.807) is 42.5 Å². The Morgan fingerprint density at radius 1 is 0.958 bits per heavy atom. The zero-order valence-corrected chi connectivity index (χ0v) is 14.6. The molecule has 0 spiro atoms. The summed E-state index contributed by atoms with van der Waals surface area (Å²) in [7, 11) is -3.93. The average Bonchev–Trinajstić information content (AvgIpc) is 2.54. The van der Waals surface area contributed by atoms with Crippen molar-refractivity contribution in [3.8, 4) is 0 Å². The number of sulfonamides is 1. The Labute approximate surface area is 147 Å². The number of carbonyl (C=O) groups is 1. The summed E-state index contributed by atoms with van der Waals surface area (Å²) in [6, 6.07) is 16.5. The summed E-state index contributed by atoms with van der Waals surface area (Å²) in [5.74, 6) is -1.20. The lowest BCUT2D eigenvalue weighted by Gasteiger charge is -2.13. The minimum Gasteiger partial charge on any atom is -0.478 e. The maximum atomic E-state index is 12.6. The summed E-state index contributed by atoms with van der Waals surface area (Å²) in [4.78, 5) is 11.5. The van der Waals surface area contributed by atoms with Gasteiger partial charge in [-0.3, -0.25) is 4.72 Å². The lowest BCUT2D eigenvalue weighted by atomic mass is 10.1. The highest BCUT2D eigenvalue weighted by atomic mass is 79.9. The zero-order chi connectivity index (χ0) is 17.3. The van der Waals surface area contributed by atoms with Gasteiger partial charge in [0.1, 0.15) is 4.90 Å². The molecule has 2 N–H and O–H groups in total. The van der Waals surface area contributed by atoms with Gasteiger partial charge in [0, 0.05) is 4.47 Å². The normalized spacial score (nSPS) is 11.4. The van der Waals surface area contributed by atoms with Gasteiger partial charge in [-0.1, -0.05) is 36.4 Å². The highest BCUT2D eigenvalue weighted by Gasteiger charge is 2.21. The van der Waals surface area contributed by atoms with Gasteiger partial charge in [0.25, 0.3) is 10.0 Å². The topological polar surface area (TPSA) is 83.5 Å². The molecule has 0 heterocycles. The van der Waals surface area contributed by atoms with E-state index in [1.807, 2.05) is 0 Å². The van der Waals surface area contributed by atoms with Crippen LogP contribution in [0.4, 0.5) is 5.69 Å². The number of benzene rings is 3. The van der Waals surface area contributed by atoms with Crippen LogP contribution in [-0.4, -0.2) is 19.5 Å². The highest BCUT2D eigenvalue weighted by Crippen LogP contribution is 2.28. The van der Waals surface area contributed by atoms with Crippen molar-refractivity contribution >= 4 is 48.4 Å². The Bertz CT molecular complexity index is 1050. The maximum Gasteiger partial charge on any atom is 0.337 e. The van der Waals surface area contributed by atoms with Crippen LogP contribution in [0, 0.1) is 0 Å². The monoisotopic (exact) mass is 405 g/mol. The van der Waals surface area contributed by atoms with E-state index in [-0.39, 0.29) is 16.1 Å². The SMILES string of the molecule is O=C(O)c1cc2ccccc2cc1NS(=O)(=O)c1ccccc1Br. The molecule has 0 aromatic heterocycles. The smallest absolute Gasteiger partial charge is 0.337 e. The number of fused-ring (bicyclic) bond motifs is 1. The first kappa shape index (κ1) is 16.5. The van der Waals surface area contributed by atoms with Crippen LogP contribution < -0.4 is 4.72 Å². The Morgan fingerprint density at radius 2 is 1.54 bits per heavy atom. The summed E-state index contributed by atoms with van der Waals surface area (Å²) in [5.41, 5.74) is -0.0821. The molecule has 5 nitrogen and oxygen atoms in total. The maximum absolute atomic E-state index is 12.6. The molecule has 0 aliphatic carbocycles. The molecule has 0 unspecified atom stereocenters. The third kappa shape index (κ3) is 3.13. The number of hydrogen-bond acceptors (Lipinski definition) is 3. The fourth-order valence-corrected chi connectivity index (χ4v) is 4.44. The molecule has 122 valence electrons. The second kappa shape index (κ2) is 6.26. The van der Waals surface area contributed by atoms with Gasteiger partial charge in [0.2, 0.25) is 0 Å². The molecule has 3 rings (SSSR count). The van der Waals surface area contributed by atoms with Gasteiger partial charge in [-0.25, -0.2) is 13.2 Å². The molecule has 7 heteroatoms. The first-order valence-electron chi connectivity index (χ1n) is 6.92. The van der Waals surface area contributed by atoms with Crippen LogP contribution in [-0.2, 0) is 10.0 Å². The number of aromatic carboxylic acids is 1. The molecule has 0 bridgehead atoms. The van der Waals surface area contributed by atoms with Crippen molar-refractivity contribution in [2.45, 2.75) is 4.90 Å². The van der Waals surface area contributed by atoms with Crippen LogP contribution in [0.25, 0.3) is 10.8 Å². The lowest BCUT2D eigenvalue weighted by Crippen LogP contribution is -2.16. The predicted molar refractivity (Wildman–Crippen MR) is 95.9 cm³/mol. The Balaban J connectivity index is 2.14. The van der Waals surface area contributed by atoms with Gasteiger partial charge in [0.15, 0.2) is 0 Å². The van der Waals surface area contributed by atoms with Gasteiger partial charge in [-0.05, 0) is 51.0 Å². The number of hydrogen-bond donors (Lipinski definition) is 2. The van der Waals surface area contributed by atoms with E-state index in [9.17, 15) is 18.3 Å². The molecule has 24 heavy (non-hydrogen) atoms. The fraction of sp³-hybridized carbons (Fsp3) is 0. The van der Waals surface area contributed by atoms with Crippen molar-refractivity contribution in [1.29, 1.82) is 0 Å². The molecule has 3 aromatic carbocycles. The standard InChI is InChI=1S/C17H12BrNO4S/c18-14-7-3-4-8-16(14)24(22,23)19-15-10-12-6-2-1-5-11(12)9-13(15)17(20)21/h1-10,19H,(H,20,21). The van der Waals surface area contributed by atoms with Gasteiger partial charge in [0.05, 0.1) is 11.3 Å². The molecule has 0 aliphatic rings. The van der Waals surface area contributed by atoms with Gasteiger partial charge >= 0.3 is 5.97 Å². The van der Waals surface area contributed by atoms with Crippen LogP contribution >= 0.6 is 15.9 Å². The van der Waals surface area contributed by atoms with E-state index < -0.39 is 16.0 Å². The summed E-state index contributed by atoms with van der Waals surface area (Å²) in [6.45, 7) is 0. The first-order chi connectivity index (χ1) is 11.4. The average molecular weight is 406 g/mol. The number of anilines is 1. The van der Waals surface area contributed by atoms with Crippen molar-refractivity contribution in [2.75, 3.05) is 4.72 Å². The lowest BCUT2D eigenvalue weighted by molar-refractivity contribution is 0.0698. The second-order valence-corrected chi connectivity index (χ2v) is 7.59. The molecule has 0 aliphatic heterocycles. The Morgan fingerprint density at radius 3 is 2.17 bits per heavy atom. The summed E-state index contributed by atoms with van der Waals surface area (Å²) in [5, 5.41) is 10.9. The van der Waals surface area contributed by atoms with Crippen molar-refractivity contribution in [1.82, 2.24) is 0 Å². The molecule has 0 saturated carbocycles. The minimum absolute atomic E-state index is 0.0250. The van der Waals surface area contributed by atoms with Crippen molar-refractivity contribution in [3.63, 3.8) is 0 Å². The summed E-state index contributed by atoms with van der Waals surface area (Å²) < 4.78 is 28.0. The number of halogens is 1. The number of carboxylic acid groups (broad SMARTS) is 1. The first-order valence-corrected chi connectivity index (χ1v) is 9.19. The summed E-state index contributed by atoms with van der Waals surface area (Å²) >= 11 is 3.20. The molecule has 0 atom stereocenters. The third-order valence-corrected chi connectivity index (χ3v) is 5.86. The van der Waals surface area contributed by atoms with Crippen LogP contribution in [0.1, 0.15) is 10.4 Å². The van der Waals surface area contributed by atoms with E-state index >= 15 is 0 Å². The molecule has 0 radical (unpaired) electrons. The zero-order valence-electron chi connectivity index (χ0n) is 12.2. The second-order valence-electron chi connectivity index (χ2n) is 5.09. The van der Waals surface area contributed by atoms with Crippen LogP contribution in [0.2, 0.25) is 0 Å². The quantitative estimate of drug-likeness (QED) is 0.684. The summed E-state index contributed by atoms with van der Waals surface area (Å²) in [6.07, 6.45) is 0. The fourth-order valence-electron chi connectivity index (χ4n) is 2.36. The Kier molecular flexibility index (Phi) is 4.29. The third-order valence-electron chi connectivity index (χ3n) is 3.49. The van der Waals surface area contributed by atoms with Crippen LogP contribution in [0.15, 0.2) is 70.0 Å². The number of carboxylic acids is 1. The van der Waals surface area contributed by atoms with E-state index in [4.69, 9.17) is 0 Å². The predicted octanol–water partition coefficient (Wildman–Crippen LogP) is 4.10. The van der Waals surface area contributed by atoms with E-state index in [1.165, 1.54) is 18.2 Å². The van der Waals surface area contributed by atoms with Gasteiger partial charge in [-0.15, -0.1) is 0 Å². The van der Waals surface area contributed by atoms with Crippen molar-refractivity contribution in [3.05, 3.63) is 70.7 Å². The molecule has 0 amide bonds. The van der Waals surface area contributed by atoms with Crippen LogP contribution in [0.3, 0.4) is 0 Å². The van der Waals surface area contributed by atoms with Crippen molar-refractivity contribution < 1.29 is 18.3 Å². The highest BCUT2D eigenvalue weighted by molar-refractivity contribution is 9.10. The van der Waals surface area contributed by atoms with Gasteiger partial charge in [-0.2, -0.15) is 0 Å².